The molecule has 1 amide bonds. The Morgan fingerprint density at radius 3 is 2.53 bits per heavy atom. The summed E-state index contributed by atoms with van der Waals surface area (Å²) in [5.41, 5.74) is 0.0917. The standard InChI is InChI=1S/C10H9NO4/c1-2-9(13)11-7-4-3-6(10(14)15)5-8(7)12/h2-5,12H,1H2,(H,11,13)(H,14,15). The summed E-state index contributed by atoms with van der Waals surface area (Å²) in [6, 6.07) is 3.64. The number of carboxylic acids is 1. The van der Waals surface area contributed by atoms with Crippen LogP contribution < -0.4 is 5.32 Å². The van der Waals surface area contributed by atoms with Crippen molar-refractivity contribution in [2.24, 2.45) is 0 Å². The zero-order valence-electron chi connectivity index (χ0n) is 7.73. The number of rotatable bonds is 3. The molecule has 0 spiro atoms. The van der Waals surface area contributed by atoms with E-state index in [1.165, 1.54) is 12.1 Å². The fraction of sp³-hybridized carbons (Fsp3) is 0. The first kappa shape index (κ1) is 10.8. The zero-order chi connectivity index (χ0) is 11.4. The fourth-order valence-corrected chi connectivity index (χ4v) is 0.954. The lowest BCUT2D eigenvalue weighted by molar-refractivity contribution is -0.111. The van der Waals surface area contributed by atoms with Gasteiger partial charge in [0.25, 0.3) is 0 Å². The number of amides is 1. The van der Waals surface area contributed by atoms with Crippen LogP contribution in [0.4, 0.5) is 5.69 Å². The van der Waals surface area contributed by atoms with E-state index in [1.807, 2.05) is 0 Å². The molecule has 0 unspecified atom stereocenters. The Morgan fingerprint density at radius 1 is 1.40 bits per heavy atom. The molecule has 0 saturated carbocycles. The first-order valence-corrected chi connectivity index (χ1v) is 4.04. The molecular weight excluding hydrogens is 198 g/mol. The third-order valence-electron chi connectivity index (χ3n) is 1.69. The highest BCUT2D eigenvalue weighted by Crippen LogP contribution is 2.24. The predicted molar refractivity (Wildman–Crippen MR) is 53.9 cm³/mol. The Hall–Kier alpha value is -2.30. The summed E-state index contributed by atoms with van der Waals surface area (Å²) in [6.45, 7) is 3.24. The van der Waals surface area contributed by atoms with Crippen molar-refractivity contribution in [3.8, 4) is 5.75 Å². The minimum atomic E-state index is -1.15. The topological polar surface area (TPSA) is 86.6 Å². The third kappa shape index (κ3) is 2.57. The smallest absolute Gasteiger partial charge is 0.335 e. The highest BCUT2D eigenvalue weighted by atomic mass is 16.4. The molecule has 0 atom stereocenters. The van der Waals surface area contributed by atoms with E-state index < -0.39 is 11.9 Å². The van der Waals surface area contributed by atoms with E-state index in [0.29, 0.717) is 0 Å². The van der Waals surface area contributed by atoms with Gasteiger partial charge in [0.15, 0.2) is 0 Å². The summed E-state index contributed by atoms with van der Waals surface area (Å²) in [7, 11) is 0. The van der Waals surface area contributed by atoms with Crippen molar-refractivity contribution < 1.29 is 19.8 Å². The molecule has 0 fully saturated rings. The molecule has 0 saturated heterocycles. The summed E-state index contributed by atoms with van der Waals surface area (Å²) >= 11 is 0. The second-order valence-electron chi connectivity index (χ2n) is 2.73. The molecule has 1 aromatic carbocycles. The van der Waals surface area contributed by atoms with Gasteiger partial charge in [-0.1, -0.05) is 6.58 Å². The Bertz CT molecular complexity index is 425. The van der Waals surface area contributed by atoms with Gasteiger partial charge in [-0.2, -0.15) is 0 Å². The number of hydrogen-bond acceptors (Lipinski definition) is 3. The Morgan fingerprint density at radius 2 is 2.07 bits per heavy atom. The normalized spacial score (nSPS) is 9.33. The molecule has 3 N–H and O–H groups in total. The van der Waals surface area contributed by atoms with Gasteiger partial charge in [-0.3, -0.25) is 4.79 Å². The molecule has 0 heterocycles. The third-order valence-corrected chi connectivity index (χ3v) is 1.69. The second-order valence-corrected chi connectivity index (χ2v) is 2.73. The van der Waals surface area contributed by atoms with Crippen molar-refractivity contribution in [1.82, 2.24) is 0 Å². The van der Waals surface area contributed by atoms with Gasteiger partial charge in [0.2, 0.25) is 5.91 Å². The van der Waals surface area contributed by atoms with Gasteiger partial charge in [-0.25, -0.2) is 4.79 Å². The lowest BCUT2D eigenvalue weighted by Gasteiger charge is -2.05. The Balaban J connectivity index is 2.98. The zero-order valence-corrected chi connectivity index (χ0v) is 7.73. The molecule has 0 aliphatic heterocycles. The molecule has 0 aromatic heterocycles. The van der Waals surface area contributed by atoms with Gasteiger partial charge in [-0.05, 0) is 24.3 Å². The maximum Gasteiger partial charge on any atom is 0.335 e. The van der Waals surface area contributed by atoms with E-state index in [0.717, 1.165) is 12.1 Å². The monoisotopic (exact) mass is 207 g/mol. The number of aromatic hydroxyl groups is 1. The fourth-order valence-electron chi connectivity index (χ4n) is 0.954. The van der Waals surface area contributed by atoms with Crippen LogP contribution in [-0.4, -0.2) is 22.1 Å². The second kappa shape index (κ2) is 4.28. The molecule has 1 rings (SSSR count). The summed E-state index contributed by atoms with van der Waals surface area (Å²) in [4.78, 5) is 21.4. The number of phenolic OH excluding ortho intramolecular Hbond substituents is 1. The number of anilines is 1. The predicted octanol–water partition coefficient (Wildman–Crippen LogP) is 1.21. The van der Waals surface area contributed by atoms with Crippen LogP contribution in [0, 0.1) is 0 Å². The van der Waals surface area contributed by atoms with E-state index in [2.05, 4.69) is 11.9 Å². The summed E-state index contributed by atoms with van der Waals surface area (Å²) < 4.78 is 0. The maximum atomic E-state index is 10.9. The van der Waals surface area contributed by atoms with Crippen LogP contribution in [0.1, 0.15) is 10.4 Å². The number of aromatic carboxylic acids is 1. The van der Waals surface area contributed by atoms with Gasteiger partial charge in [0.05, 0.1) is 11.3 Å². The lowest BCUT2D eigenvalue weighted by atomic mass is 10.2. The lowest BCUT2D eigenvalue weighted by Crippen LogP contribution is -2.07. The Kier molecular flexibility index (Phi) is 3.07. The highest BCUT2D eigenvalue weighted by molar-refractivity contribution is 6.00. The van der Waals surface area contributed by atoms with Crippen molar-refractivity contribution in [2.75, 3.05) is 5.32 Å². The molecular formula is C10H9NO4. The quantitative estimate of drug-likeness (QED) is 0.513. The first-order valence-electron chi connectivity index (χ1n) is 4.04. The number of hydrogen-bond donors (Lipinski definition) is 3. The molecule has 0 aliphatic rings. The van der Waals surface area contributed by atoms with E-state index >= 15 is 0 Å². The van der Waals surface area contributed by atoms with Gasteiger partial charge in [0.1, 0.15) is 5.75 Å². The molecule has 5 nitrogen and oxygen atoms in total. The number of carboxylic acid groups (broad SMARTS) is 1. The molecule has 0 bridgehead atoms. The van der Waals surface area contributed by atoms with E-state index in [9.17, 15) is 14.7 Å². The average Bonchev–Trinajstić information content (AvgIpc) is 2.20. The average molecular weight is 207 g/mol. The van der Waals surface area contributed by atoms with E-state index in [1.54, 1.807) is 0 Å². The van der Waals surface area contributed by atoms with Gasteiger partial charge < -0.3 is 15.5 Å². The number of nitrogens with one attached hydrogen (secondary N) is 1. The van der Waals surface area contributed by atoms with Crippen molar-refractivity contribution in [3.63, 3.8) is 0 Å². The number of benzene rings is 1. The molecule has 0 aliphatic carbocycles. The van der Waals surface area contributed by atoms with Crippen molar-refractivity contribution in [1.29, 1.82) is 0 Å². The summed E-state index contributed by atoms with van der Waals surface area (Å²) in [5, 5.41) is 20.3. The number of phenols is 1. The van der Waals surface area contributed by atoms with Crippen LogP contribution >= 0.6 is 0 Å². The van der Waals surface area contributed by atoms with Crippen LogP contribution in [0.5, 0.6) is 5.75 Å². The van der Waals surface area contributed by atoms with Crippen LogP contribution in [0.2, 0.25) is 0 Å². The minimum absolute atomic E-state index is 0.0518. The van der Waals surface area contributed by atoms with Gasteiger partial charge >= 0.3 is 5.97 Å². The summed E-state index contributed by atoms with van der Waals surface area (Å²) in [6.07, 6.45) is 1.05. The Labute approximate surface area is 85.7 Å². The summed E-state index contributed by atoms with van der Waals surface area (Å²) in [5.74, 6) is -1.93. The highest BCUT2D eigenvalue weighted by Gasteiger charge is 2.08. The van der Waals surface area contributed by atoms with Crippen LogP contribution in [-0.2, 0) is 4.79 Å². The number of carbonyl (C=O) groups is 2. The van der Waals surface area contributed by atoms with E-state index in [4.69, 9.17) is 5.11 Å². The maximum absolute atomic E-state index is 10.9. The van der Waals surface area contributed by atoms with Crippen molar-refractivity contribution in [3.05, 3.63) is 36.4 Å². The molecule has 1 aromatic rings. The molecule has 0 radical (unpaired) electrons. The molecule has 78 valence electrons. The van der Waals surface area contributed by atoms with E-state index in [-0.39, 0.29) is 17.0 Å². The van der Waals surface area contributed by atoms with Crippen molar-refractivity contribution in [2.45, 2.75) is 0 Å². The SMILES string of the molecule is C=CC(=O)Nc1ccc(C(=O)O)cc1O. The van der Waals surface area contributed by atoms with Crippen molar-refractivity contribution >= 4 is 17.6 Å². The minimum Gasteiger partial charge on any atom is -0.506 e. The molecule has 5 heteroatoms. The number of carbonyl (C=O) groups excluding carboxylic acids is 1. The van der Waals surface area contributed by atoms with Crippen LogP contribution in [0.15, 0.2) is 30.9 Å². The van der Waals surface area contributed by atoms with Gasteiger partial charge in [-0.15, -0.1) is 0 Å². The van der Waals surface area contributed by atoms with Crippen LogP contribution in [0.25, 0.3) is 0 Å². The van der Waals surface area contributed by atoms with Gasteiger partial charge in [0, 0.05) is 0 Å². The molecule has 15 heavy (non-hydrogen) atoms. The largest absolute Gasteiger partial charge is 0.506 e. The van der Waals surface area contributed by atoms with Crippen LogP contribution in [0.3, 0.4) is 0 Å². The first-order chi connectivity index (χ1) is 7.04.